The van der Waals surface area contributed by atoms with Gasteiger partial charge >= 0.3 is 11.9 Å². The Morgan fingerprint density at radius 3 is 2.44 bits per heavy atom. The van der Waals surface area contributed by atoms with Gasteiger partial charge in [0, 0.05) is 24.3 Å². The number of ether oxygens (including phenoxy) is 2. The van der Waals surface area contributed by atoms with Crippen molar-refractivity contribution in [3.05, 3.63) is 101 Å². The highest BCUT2D eigenvalue weighted by Crippen LogP contribution is 2.42. The fraction of sp³-hybridized carbons (Fsp3) is 0.200. The molecule has 6 rings (SSSR count). The van der Waals surface area contributed by atoms with Crippen LogP contribution in [0.1, 0.15) is 24.2 Å². The van der Waals surface area contributed by atoms with Crippen LogP contribution in [0.4, 0.5) is 5.95 Å². The molecule has 0 bridgehead atoms. The molecule has 0 spiro atoms. The first-order valence-electron chi connectivity index (χ1n) is 13.0. The lowest BCUT2D eigenvalue weighted by molar-refractivity contribution is -0.152. The van der Waals surface area contributed by atoms with Crippen molar-refractivity contribution in [2.75, 3.05) is 17.7 Å². The number of aromatic amines is 1. The standard InChI is InChI=1S/C30H26N4O6S/c1-17(35)39-15-20-16-41-28-24(33-30-31-22-13-12-21(36)14-23(22)32-30)27(37)34(28)25(20)29(38)40-26(18-8-4-2-5-9-18)19-10-6-3-7-11-19/h2-14,24,26,28,36H,15-16H2,1H3,(H2,31,32,33)/t24-,28-/m1/s1. The Morgan fingerprint density at radius 1 is 1.10 bits per heavy atom. The minimum Gasteiger partial charge on any atom is -0.508 e. The first-order valence-corrected chi connectivity index (χ1v) is 14.0. The van der Waals surface area contributed by atoms with E-state index in [9.17, 15) is 19.5 Å². The Balaban J connectivity index is 1.29. The number of benzene rings is 3. The quantitative estimate of drug-likeness (QED) is 0.211. The number of amides is 1. The summed E-state index contributed by atoms with van der Waals surface area (Å²) in [5, 5.41) is 12.5. The van der Waals surface area contributed by atoms with Gasteiger partial charge in [-0.05, 0) is 23.3 Å². The molecule has 0 saturated carbocycles. The molecular formula is C30H26N4O6S. The molecule has 1 fully saturated rings. The largest absolute Gasteiger partial charge is 0.508 e. The second-order valence-electron chi connectivity index (χ2n) is 9.66. The number of phenols is 1. The highest BCUT2D eigenvalue weighted by Gasteiger charge is 2.54. The number of nitrogens with one attached hydrogen (secondary N) is 2. The summed E-state index contributed by atoms with van der Waals surface area (Å²) in [6.45, 7) is 1.16. The van der Waals surface area contributed by atoms with Crippen LogP contribution in [0.25, 0.3) is 11.0 Å². The highest BCUT2D eigenvalue weighted by molar-refractivity contribution is 8.00. The molecule has 3 N–H and O–H groups in total. The number of fused-ring (bicyclic) bond motifs is 2. The molecule has 11 heteroatoms. The molecule has 41 heavy (non-hydrogen) atoms. The van der Waals surface area contributed by atoms with Crippen molar-refractivity contribution >= 4 is 46.6 Å². The molecule has 3 aromatic carbocycles. The van der Waals surface area contributed by atoms with Gasteiger partial charge in [-0.25, -0.2) is 9.78 Å². The van der Waals surface area contributed by atoms with Crippen molar-refractivity contribution in [2.45, 2.75) is 24.4 Å². The zero-order valence-electron chi connectivity index (χ0n) is 21.9. The number of H-pyrrole nitrogens is 1. The monoisotopic (exact) mass is 570 g/mol. The third-order valence-electron chi connectivity index (χ3n) is 6.88. The molecule has 2 aliphatic rings. The topological polar surface area (TPSA) is 134 Å². The van der Waals surface area contributed by atoms with Gasteiger partial charge in [0.15, 0.2) is 6.10 Å². The number of aromatic nitrogens is 2. The number of imidazole rings is 1. The van der Waals surface area contributed by atoms with E-state index in [4.69, 9.17) is 9.47 Å². The number of hydrogen-bond donors (Lipinski definition) is 3. The summed E-state index contributed by atoms with van der Waals surface area (Å²) >= 11 is 1.45. The van der Waals surface area contributed by atoms with Gasteiger partial charge in [-0.15, -0.1) is 11.8 Å². The van der Waals surface area contributed by atoms with Crippen LogP contribution in [0.15, 0.2) is 90.1 Å². The van der Waals surface area contributed by atoms with E-state index in [0.29, 0.717) is 28.3 Å². The summed E-state index contributed by atoms with van der Waals surface area (Å²) in [5.41, 5.74) is 3.39. The number of carbonyl (C=O) groups is 3. The molecular weight excluding hydrogens is 544 g/mol. The van der Waals surface area contributed by atoms with Crippen LogP contribution < -0.4 is 5.32 Å². The molecule has 4 aromatic rings. The molecule has 0 unspecified atom stereocenters. The lowest BCUT2D eigenvalue weighted by Gasteiger charge is -2.49. The van der Waals surface area contributed by atoms with E-state index in [2.05, 4.69) is 15.3 Å². The number of hydrogen-bond acceptors (Lipinski definition) is 9. The van der Waals surface area contributed by atoms with Crippen molar-refractivity contribution in [1.29, 1.82) is 0 Å². The van der Waals surface area contributed by atoms with Crippen LogP contribution in [-0.4, -0.2) is 61.6 Å². The molecule has 2 atom stereocenters. The van der Waals surface area contributed by atoms with E-state index < -0.39 is 29.5 Å². The van der Waals surface area contributed by atoms with Gasteiger partial charge in [-0.1, -0.05) is 60.7 Å². The minimum atomic E-state index is -0.710. The third-order valence-corrected chi connectivity index (χ3v) is 8.22. The summed E-state index contributed by atoms with van der Waals surface area (Å²) < 4.78 is 11.3. The first-order chi connectivity index (χ1) is 19.9. The summed E-state index contributed by atoms with van der Waals surface area (Å²) in [4.78, 5) is 47.9. The molecule has 2 aliphatic heterocycles. The van der Waals surface area contributed by atoms with Gasteiger partial charge in [0.05, 0.1) is 11.0 Å². The summed E-state index contributed by atoms with van der Waals surface area (Å²) in [6, 6.07) is 22.8. The van der Waals surface area contributed by atoms with Gasteiger partial charge in [-0.3, -0.25) is 14.5 Å². The third kappa shape index (κ3) is 5.23. The maximum absolute atomic E-state index is 13.9. The molecule has 208 valence electrons. The summed E-state index contributed by atoms with van der Waals surface area (Å²) in [5.74, 6) is -0.681. The SMILES string of the molecule is CC(=O)OCC1=C(C(=O)OC(c2ccccc2)c2ccccc2)N2C(=O)[C@@H](Nc3nc4ccc(O)cc4[nH]3)[C@H]2SC1. The Labute approximate surface area is 239 Å². The Hall–Kier alpha value is -4.77. The van der Waals surface area contributed by atoms with Crippen LogP contribution in [0.2, 0.25) is 0 Å². The average Bonchev–Trinajstić information content (AvgIpc) is 3.39. The Bertz CT molecular complexity index is 1620. The van der Waals surface area contributed by atoms with E-state index in [1.54, 1.807) is 12.1 Å². The van der Waals surface area contributed by atoms with E-state index in [-0.39, 0.29) is 24.0 Å². The maximum Gasteiger partial charge on any atom is 0.356 e. The maximum atomic E-state index is 13.9. The average molecular weight is 571 g/mol. The predicted molar refractivity (Wildman–Crippen MR) is 153 cm³/mol. The molecule has 1 aromatic heterocycles. The number of thioether (sulfide) groups is 1. The Morgan fingerprint density at radius 2 is 1.78 bits per heavy atom. The molecule has 10 nitrogen and oxygen atoms in total. The van der Waals surface area contributed by atoms with E-state index in [1.165, 1.54) is 29.7 Å². The second-order valence-corrected chi connectivity index (χ2v) is 10.8. The number of β-lactam (4-membered cyclic amide) rings is 1. The lowest BCUT2D eigenvalue weighted by Crippen LogP contribution is -2.68. The van der Waals surface area contributed by atoms with Crippen molar-refractivity contribution in [2.24, 2.45) is 0 Å². The van der Waals surface area contributed by atoms with Gasteiger partial charge in [0.2, 0.25) is 5.95 Å². The second kappa shape index (κ2) is 11.0. The highest BCUT2D eigenvalue weighted by atomic mass is 32.2. The van der Waals surface area contributed by atoms with E-state index in [1.807, 2.05) is 60.7 Å². The summed E-state index contributed by atoms with van der Waals surface area (Å²) in [7, 11) is 0. The molecule has 1 amide bonds. The van der Waals surface area contributed by atoms with Crippen molar-refractivity contribution in [3.8, 4) is 5.75 Å². The molecule has 1 saturated heterocycles. The first kappa shape index (κ1) is 26.5. The van der Waals surface area contributed by atoms with Gasteiger partial charge < -0.3 is 24.9 Å². The van der Waals surface area contributed by atoms with Crippen LogP contribution in [0.3, 0.4) is 0 Å². The van der Waals surface area contributed by atoms with Gasteiger partial charge in [-0.2, -0.15) is 0 Å². The van der Waals surface area contributed by atoms with E-state index >= 15 is 0 Å². The number of phenolic OH excluding ortho intramolecular Hbond substituents is 1. The van der Waals surface area contributed by atoms with Crippen LogP contribution in [0, 0.1) is 0 Å². The predicted octanol–water partition coefficient (Wildman–Crippen LogP) is 4.11. The fourth-order valence-electron chi connectivity index (χ4n) is 4.93. The van der Waals surface area contributed by atoms with Crippen molar-refractivity contribution in [3.63, 3.8) is 0 Å². The lowest BCUT2D eigenvalue weighted by atomic mass is 10.0. The number of carbonyl (C=O) groups excluding carboxylic acids is 3. The normalized spacial score (nSPS) is 18.2. The van der Waals surface area contributed by atoms with E-state index in [0.717, 1.165) is 11.1 Å². The summed E-state index contributed by atoms with van der Waals surface area (Å²) in [6.07, 6.45) is -0.710. The Kier molecular flexibility index (Phi) is 7.10. The van der Waals surface area contributed by atoms with Crippen LogP contribution >= 0.6 is 11.8 Å². The number of nitrogens with zero attached hydrogens (tertiary/aromatic N) is 2. The van der Waals surface area contributed by atoms with Crippen molar-refractivity contribution < 1.29 is 29.0 Å². The number of aromatic hydroxyl groups is 1. The number of anilines is 1. The molecule has 0 aliphatic carbocycles. The molecule has 0 radical (unpaired) electrons. The number of esters is 2. The minimum absolute atomic E-state index is 0.0874. The van der Waals surface area contributed by atoms with Gasteiger partial charge in [0.1, 0.15) is 29.5 Å². The fourth-order valence-corrected chi connectivity index (χ4v) is 6.26. The van der Waals surface area contributed by atoms with Gasteiger partial charge in [0.25, 0.3) is 5.91 Å². The zero-order chi connectivity index (χ0) is 28.5. The van der Waals surface area contributed by atoms with Crippen LogP contribution in [-0.2, 0) is 23.9 Å². The molecule has 3 heterocycles. The number of rotatable bonds is 8. The van der Waals surface area contributed by atoms with Crippen LogP contribution in [0.5, 0.6) is 5.75 Å². The van der Waals surface area contributed by atoms with Crippen molar-refractivity contribution in [1.82, 2.24) is 14.9 Å². The zero-order valence-corrected chi connectivity index (χ0v) is 22.8. The smallest absolute Gasteiger partial charge is 0.356 e.